The predicted molar refractivity (Wildman–Crippen MR) is 73.5 cm³/mol. The molecule has 1 atom stereocenters. The van der Waals surface area contributed by atoms with Crippen LogP contribution in [0.2, 0.25) is 0 Å². The van der Waals surface area contributed by atoms with Gasteiger partial charge in [0.2, 0.25) is 0 Å². The van der Waals surface area contributed by atoms with Crippen molar-refractivity contribution in [1.82, 2.24) is 9.97 Å². The summed E-state index contributed by atoms with van der Waals surface area (Å²) in [5.41, 5.74) is 0.374. The molecule has 1 saturated carbocycles. The van der Waals surface area contributed by atoms with E-state index in [1.54, 1.807) is 12.4 Å². The summed E-state index contributed by atoms with van der Waals surface area (Å²) in [5, 5.41) is 12.6. The molecule has 1 aromatic heterocycles. The third-order valence-corrected chi connectivity index (χ3v) is 3.79. The van der Waals surface area contributed by atoms with Crippen LogP contribution in [0.1, 0.15) is 24.4 Å². The minimum atomic E-state index is -0.608. The van der Waals surface area contributed by atoms with Crippen LogP contribution in [-0.4, -0.2) is 21.2 Å². The van der Waals surface area contributed by atoms with Gasteiger partial charge in [-0.15, -0.1) is 0 Å². The average Bonchev–Trinajstić information content (AvgIpc) is 2.43. The van der Waals surface area contributed by atoms with E-state index < -0.39 is 11.6 Å². The average molecular weight is 291 g/mol. The first-order valence-corrected chi connectivity index (χ1v) is 6.79. The molecular formula is C15H15F2N3O. The van der Waals surface area contributed by atoms with Crippen molar-refractivity contribution in [3.05, 3.63) is 54.0 Å². The zero-order valence-electron chi connectivity index (χ0n) is 11.2. The molecule has 21 heavy (non-hydrogen) atoms. The number of anilines is 1. The van der Waals surface area contributed by atoms with Crippen LogP contribution in [0.4, 0.5) is 14.6 Å². The summed E-state index contributed by atoms with van der Waals surface area (Å²) in [6, 6.07) is 3.17. The van der Waals surface area contributed by atoms with E-state index in [0.717, 1.165) is 6.07 Å². The van der Waals surface area contributed by atoms with Gasteiger partial charge in [-0.25, -0.2) is 13.8 Å². The number of benzene rings is 1. The number of nitrogens with one attached hydrogen (secondary N) is 1. The molecule has 1 aliphatic rings. The summed E-state index contributed by atoms with van der Waals surface area (Å²) in [4.78, 5) is 8.08. The van der Waals surface area contributed by atoms with Crippen LogP contribution in [-0.2, 0) is 0 Å². The van der Waals surface area contributed by atoms with Crippen LogP contribution in [0.3, 0.4) is 0 Å². The number of halogens is 2. The van der Waals surface area contributed by atoms with Crippen molar-refractivity contribution in [2.24, 2.45) is 5.92 Å². The monoisotopic (exact) mass is 291 g/mol. The Kier molecular flexibility index (Phi) is 3.79. The van der Waals surface area contributed by atoms with E-state index >= 15 is 0 Å². The maximum Gasteiger partial charge on any atom is 0.144 e. The molecule has 0 saturated heterocycles. The Labute approximate surface area is 120 Å². The Bertz CT molecular complexity index is 618. The highest BCUT2D eigenvalue weighted by molar-refractivity contribution is 5.37. The molecule has 110 valence electrons. The lowest BCUT2D eigenvalue weighted by Gasteiger charge is -2.38. The van der Waals surface area contributed by atoms with Crippen LogP contribution in [0.5, 0.6) is 0 Å². The molecule has 1 aliphatic carbocycles. The van der Waals surface area contributed by atoms with Gasteiger partial charge >= 0.3 is 0 Å². The van der Waals surface area contributed by atoms with Gasteiger partial charge in [-0.2, -0.15) is 0 Å². The third kappa shape index (κ3) is 3.00. The minimum Gasteiger partial charge on any atom is -0.393 e. The van der Waals surface area contributed by atoms with Crippen molar-refractivity contribution in [1.29, 1.82) is 0 Å². The number of nitrogens with zero attached hydrogens (tertiary/aromatic N) is 2. The van der Waals surface area contributed by atoms with Gasteiger partial charge in [0, 0.05) is 24.0 Å². The Morgan fingerprint density at radius 3 is 2.67 bits per heavy atom. The van der Waals surface area contributed by atoms with Crippen molar-refractivity contribution in [2.45, 2.75) is 25.0 Å². The number of aromatic nitrogens is 2. The van der Waals surface area contributed by atoms with E-state index in [1.807, 2.05) is 0 Å². The van der Waals surface area contributed by atoms with Crippen LogP contribution < -0.4 is 5.32 Å². The first-order valence-electron chi connectivity index (χ1n) is 6.79. The highest BCUT2D eigenvalue weighted by Crippen LogP contribution is 2.40. The first-order chi connectivity index (χ1) is 10.1. The van der Waals surface area contributed by atoms with Crippen molar-refractivity contribution >= 4 is 5.82 Å². The Morgan fingerprint density at radius 1 is 1.24 bits per heavy atom. The SMILES string of the molecule is OC1CC([C@H](Nc2cnccn2)c2ccc(F)cc2F)C1. The fourth-order valence-electron chi connectivity index (χ4n) is 2.64. The molecule has 0 radical (unpaired) electrons. The molecule has 0 amide bonds. The van der Waals surface area contributed by atoms with Gasteiger partial charge in [-0.3, -0.25) is 4.98 Å². The summed E-state index contributed by atoms with van der Waals surface area (Å²) in [7, 11) is 0. The maximum atomic E-state index is 14.0. The fourth-order valence-corrected chi connectivity index (χ4v) is 2.64. The number of hydrogen-bond acceptors (Lipinski definition) is 4. The normalized spacial score (nSPS) is 22.4. The summed E-state index contributed by atoms with van der Waals surface area (Å²) in [5.74, 6) is -0.615. The molecular weight excluding hydrogens is 276 g/mol. The van der Waals surface area contributed by atoms with Gasteiger partial charge in [0.25, 0.3) is 0 Å². The molecule has 1 fully saturated rings. The van der Waals surface area contributed by atoms with Crippen molar-refractivity contribution < 1.29 is 13.9 Å². The number of rotatable bonds is 4. The summed E-state index contributed by atoms with van der Waals surface area (Å²) in [6.07, 6.45) is 5.43. The van der Waals surface area contributed by atoms with Crippen molar-refractivity contribution in [3.8, 4) is 0 Å². The lowest BCUT2D eigenvalue weighted by atomic mass is 9.75. The third-order valence-electron chi connectivity index (χ3n) is 3.79. The second-order valence-electron chi connectivity index (χ2n) is 5.26. The molecule has 1 heterocycles. The minimum absolute atomic E-state index is 0.0713. The second-order valence-corrected chi connectivity index (χ2v) is 5.26. The standard InChI is InChI=1S/C15H15F2N3O/c16-10-1-2-12(13(17)7-10)15(9-5-11(21)6-9)20-14-8-18-3-4-19-14/h1-4,7-9,11,15,21H,5-6H2,(H,19,20)/t9?,11?,15-/m0/s1. The fraction of sp³-hybridized carbons (Fsp3) is 0.333. The smallest absolute Gasteiger partial charge is 0.144 e. The van der Waals surface area contributed by atoms with Gasteiger partial charge in [0.1, 0.15) is 17.5 Å². The van der Waals surface area contributed by atoms with Gasteiger partial charge in [0.15, 0.2) is 0 Å². The zero-order valence-corrected chi connectivity index (χ0v) is 11.2. The Balaban J connectivity index is 1.88. The Morgan fingerprint density at radius 2 is 2.05 bits per heavy atom. The van der Waals surface area contributed by atoms with E-state index in [0.29, 0.717) is 24.2 Å². The van der Waals surface area contributed by atoms with Gasteiger partial charge in [0.05, 0.1) is 18.3 Å². The van der Waals surface area contributed by atoms with Crippen LogP contribution in [0.25, 0.3) is 0 Å². The maximum absolute atomic E-state index is 14.0. The van der Waals surface area contributed by atoms with Crippen molar-refractivity contribution in [2.75, 3.05) is 5.32 Å². The van der Waals surface area contributed by atoms with E-state index in [2.05, 4.69) is 15.3 Å². The topological polar surface area (TPSA) is 58.0 Å². The van der Waals surface area contributed by atoms with Crippen LogP contribution in [0.15, 0.2) is 36.8 Å². The second kappa shape index (κ2) is 5.73. The molecule has 6 heteroatoms. The molecule has 0 spiro atoms. The summed E-state index contributed by atoms with van der Waals surface area (Å²) >= 11 is 0. The van der Waals surface area contributed by atoms with E-state index in [-0.39, 0.29) is 18.1 Å². The Hall–Kier alpha value is -2.08. The van der Waals surface area contributed by atoms with E-state index in [1.165, 1.54) is 18.3 Å². The highest BCUT2D eigenvalue weighted by Gasteiger charge is 2.36. The van der Waals surface area contributed by atoms with Crippen LogP contribution in [0, 0.1) is 17.6 Å². The largest absolute Gasteiger partial charge is 0.393 e. The number of aliphatic hydroxyl groups is 1. The lowest BCUT2D eigenvalue weighted by molar-refractivity contribution is 0.0334. The molecule has 2 aromatic rings. The van der Waals surface area contributed by atoms with E-state index in [4.69, 9.17) is 0 Å². The molecule has 3 rings (SSSR count). The molecule has 0 bridgehead atoms. The van der Waals surface area contributed by atoms with Gasteiger partial charge < -0.3 is 10.4 Å². The quantitative estimate of drug-likeness (QED) is 0.909. The summed E-state index contributed by atoms with van der Waals surface area (Å²) in [6.45, 7) is 0. The molecule has 1 aromatic carbocycles. The lowest BCUT2D eigenvalue weighted by Crippen LogP contribution is -2.36. The first kappa shape index (κ1) is 13.9. The molecule has 4 nitrogen and oxygen atoms in total. The molecule has 0 unspecified atom stereocenters. The van der Waals surface area contributed by atoms with Crippen LogP contribution >= 0.6 is 0 Å². The van der Waals surface area contributed by atoms with Crippen molar-refractivity contribution in [3.63, 3.8) is 0 Å². The zero-order chi connectivity index (χ0) is 14.8. The van der Waals surface area contributed by atoms with Gasteiger partial charge in [-0.1, -0.05) is 6.07 Å². The van der Waals surface area contributed by atoms with Gasteiger partial charge in [-0.05, 0) is 24.8 Å². The number of aliphatic hydroxyl groups excluding tert-OH is 1. The summed E-state index contributed by atoms with van der Waals surface area (Å²) < 4.78 is 27.1. The number of hydrogen-bond donors (Lipinski definition) is 2. The molecule has 2 N–H and O–H groups in total. The predicted octanol–water partition coefficient (Wildman–Crippen LogP) is 2.68. The highest BCUT2D eigenvalue weighted by atomic mass is 19.1. The van der Waals surface area contributed by atoms with E-state index in [9.17, 15) is 13.9 Å². The molecule has 0 aliphatic heterocycles.